The number of alkyl halides is 1. The van der Waals surface area contributed by atoms with Gasteiger partial charge in [-0.05, 0) is 35.4 Å². The van der Waals surface area contributed by atoms with Gasteiger partial charge in [-0.2, -0.15) is 0 Å². The average molecular weight is 502 g/mol. The zero-order chi connectivity index (χ0) is 26.1. The lowest BCUT2D eigenvalue weighted by atomic mass is 10.0. The maximum absolute atomic E-state index is 14.3. The molecule has 9 nitrogen and oxygen atoms in total. The summed E-state index contributed by atoms with van der Waals surface area (Å²) in [5.74, 6) is -1.42. The number of halogens is 1. The molecular formula is C26H32FN3O6. The van der Waals surface area contributed by atoms with Crippen LogP contribution in [0, 0.1) is 0 Å². The first-order chi connectivity index (χ1) is 17.3. The standard InChI is InChI=1S/C26H32FN3O6/c1-28-25(33)24(23(32)16-31)29(2)26(34)20-5-3-18(4-6-20)19-7-9-22(10-8-19)36-17-21(27)15-30-11-13-35-14-12-30/h3-10,21,24,31H,11-17H2,1-2H3,(H,28,33). The smallest absolute Gasteiger partial charge is 0.254 e. The molecule has 1 aliphatic rings. The molecule has 10 heteroatoms. The first-order valence-corrected chi connectivity index (χ1v) is 11.7. The van der Waals surface area contributed by atoms with E-state index in [1.165, 1.54) is 14.1 Å². The van der Waals surface area contributed by atoms with Crippen molar-refractivity contribution in [1.29, 1.82) is 0 Å². The number of rotatable bonds is 11. The van der Waals surface area contributed by atoms with Crippen LogP contribution < -0.4 is 10.1 Å². The molecule has 2 atom stereocenters. The molecule has 36 heavy (non-hydrogen) atoms. The van der Waals surface area contributed by atoms with Gasteiger partial charge in [0.2, 0.25) is 5.91 Å². The molecule has 2 N–H and O–H groups in total. The van der Waals surface area contributed by atoms with Gasteiger partial charge >= 0.3 is 0 Å². The van der Waals surface area contributed by atoms with E-state index in [-0.39, 0.29) is 12.2 Å². The number of hydrogen-bond acceptors (Lipinski definition) is 7. The van der Waals surface area contributed by atoms with Gasteiger partial charge in [-0.25, -0.2) is 4.39 Å². The van der Waals surface area contributed by atoms with Crippen LogP contribution >= 0.6 is 0 Å². The molecule has 2 aromatic carbocycles. The molecule has 0 radical (unpaired) electrons. The van der Waals surface area contributed by atoms with Crippen molar-refractivity contribution in [1.82, 2.24) is 15.1 Å². The lowest BCUT2D eigenvalue weighted by molar-refractivity contribution is -0.135. The van der Waals surface area contributed by atoms with Gasteiger partial charge in [-0.3, -0.25) is 19.3 Å². The van der Waals surface area contributed by atoms with Crippen LogP contribution in [-0.4, -0.2) is 105 Å². The quantitative estimate of drug-likeness (QED) is 0.445. The van der Waals surface area contributed by atoms with Crippen molar-refractivity contribution in [2.24, 2.45) is 0 Å². The highest BCUT2D eigenvalue weighted by Crippen LogP contribution is 2.23. The van der Waals surface area contributed by atoms with E-state index in [1.54, 1.807) is 36.4 Å². The molecule has 1 aliphatic heterocycles. The number of aliphatic hydroxyl groups excluding tert-OH is 1. The number of nitrogens with zero attached hydrogens (tertiary/aromatic N) is 2. The fraction of sp³-hybridized carbons (Fsp3) is 0.423. The summed E-state index contributed by atoms with van der Waals surface area (Å²) in [7, 11) is 2.69. The van der Waals surface area contributed by atoms with E-state index < -0.39 is 36.4 Å². The third-order valence-corrected chi connectivity index (χ3v) is 5.97. The van der Waals surface area contributed by atoms with Crippen LogP contribution in [0.2, 0.25) is 0 Å². The Morgan fingerprint density at radius 2 is 1.67 bits per heavy atom. The van der Waals surface area contributed by atoms with Crippen LogP contribution in [0.4, 0.5) is 4.39 Å². The summed E-state index contributed by atoms with van der Waals surface area (Å²) in [5, 5.41) is 11.5. The molecular weight excluding hydrogens is 469 g/mol. The van der Waals surface area contributed by atoms with Gasteiger partial charge in [-0.15, -0.1) is 0 Å². The van der Waals surface area contributed by atoms with E-state index in [4.69, 9.17) is 14.6 Å². The Labute approximate surface area is 209 Å². The Kier molecular flexibility index (Phi) is 9.92. The summed E-state index contributed by atoms with van der Waals surface area (Å²) in [5.41, 5.74) is 2.00. The molecule has 0 saturated carbocycles. The summed E-state index contributed by atoms with van der Waals surface area (Å²) < 4.78 is 25.1. The Hall–Kier alpha value is -3.34. The van der Waals surface area contributed by atoms with Gasteiger partial charge in [0, 0.05) is 39.3 Å². The van der Waals surface area contributed by atoms with Crippen LogP contribution in [-0.2, 0) is 14.3 Å². The molecule has 2 aromatic rings. The molecule has 0 bridgehead atoms. The normalized spacial score (nSPS) is 15.6. The van der Waals surface area contributed by atoms with Gasteiger partial charge in [0.1, 0.15) is 25.1 Å². The summed E-state index contributed by atoms with van der Waals surface area (Å²) in [6.45, 7) is 2.14. The van der Waals surface area contributed by atoms with Crippen molar-refractivity contribution in [2.45, 2.75) is 12.2 Å². The first-order valence-electron chi connectivity index (χ1n) is 11.7. The fourth-order valence-electron chi connectivity index (χ4n) is 3.93. The SMILES string of the molecule is CNC(=O)C(C(=O)CO)N(C)C(=O)c1ccc(-c2ccc(OCC(F)CN3CCOCC3)cc2)cc1. The number of ketones is 1. The third-order valence-electron chi connectivity index (χ3n) is 5.97. The predicted octanol–water partition coefficient (Wildman–Crippen LogP) is 1.15. The van der Waals surface area contributed by atoms with E-state index in [1.807, 2.05) is 17.0 Å². The van der Waals surface area contributed by atoms with E-state index in [0.717, 1.165) is 29.1 Å². The number of benzene rings is 2. The number of carbonyl (C=O) groups is 3. The molecule has 2 unspecified atom stereocenters. The second-order valence-corrected chi connectivity index (χ2v) is 8.48. The zero-order valence-electron chi connectivity index (χ0n) is 20.5. The molecule has 0 aromatic heterocycles. The lowest BCUT2D eigenvalue weighted by Gasteiger charge is -2.27. The summed E-state index contributed by atoms with van der Waals surface area (Å²) in [6, 6.07) is 12.5. The Balaban J connectivity index is 1.58. The average Bonchev–Trinajstić information content (AvgIpc) is 2.92. The van der Waals surface area contributed by atoms with Crippen LogP contribution in [0.5, 0.6) is 5.75 Å². The number of hydrogen-bond donors (Lipinski definition) is 2. The molecule has 1 saturated heterocycles. The second-order valence-electron chi connectivity index (χ2n) is 8.48. The van der Waals surface area contributed by atoms with Crippen molar-refractivity contribution in [2.75, 3.05) is 60.2 Å². The third kappa shape index (κ3) is 7.09. The predicted molar refractivity (Wildman–Crippen MR) is 132 cm³/mol. The number of aliphatic hydroxyl groups is 1. The number of carbonyl (C=O) groups excluding carboxylic acids is 3. The Morgan fingerprint density at radius 3 is 2.22 bits per heavy atom. The number of nitrogens with one attached hydrogen (secondary N) is 1. The highest BCUT2D eigenvalue weighted by molar-refractivity contribution is 6.10. The van der Waals surface area contributed by atoms with Crippen molar-refractivity contribution in [3.05, 3.63) is 54.1 Å². The van der Waals surface area contributed by atoms with Crippen LogP contribution in [0.1, 0.15) is 10.4 Å². The summed E-state index contributed by atoms with van der Waals surface area (Å²) in [4.78, 5) is 39.9. The van der Waals surface area contributed by atoms with Crippen LogP contribution in [0.25, 0.3) is 11.1 Å². The highest BCUT2D eigenvalue weighted by atomic mass is 19.1. The molecule has 0 spiro atoms. The van der Waals surface area contributed by atoms with Gasteiger partial charge in [0.25, 0.3) is 5.91 Å². The zero-order valence-corrected chi connectivity index (χ0v) is 20.5. The highest BCUT2D eigenvalue weighted by Gasteiger charge is 2.32. The molecule has 3 rings (SSSR count). The number of amides is 2. The summed E-state index contributed by atoms with van der Waals surface area (Å²) in [6.07, 6.45) is -1.10. The molecule has 194 valence electrons. The van der Waals surface area contributed by atoms with Crippen LogP contribution in [0.3, 0.4) is 0 Å². The van der Waals surface area contributed by atoms with E-state index in [2.05, 4.69) is 5.32 Å². The first kappa shape index (κ1) is 27.3. The fourth-order valence-corrected chi connectivity index (χ4v) is 3.93. The van der Waals surface area contributed by atoms with E-state index >= 15 is 0 Å². The Bertz CT molecular complexity index is 1010. The van der Waals surface area contributed by atoms with Gasteiger partial charge < -0.3 is 24.8 Å². The van der Waals surface area contributed by atoms with Gasteiger partial charge in [-0.1, -0.05) is 24.3 Å². The van der Waals surface area contributed by atoms with Crippen molar-refractivity contribution in [3.8, 4) is 16.9 Å². The second kappa shape index (κ2) is 13.1. The maximum atomic E-state index is 14.3. The monoisotopic (exact) mass is 501 g/mol. The largest absolute Gasteiger partial charge is 0.491 e. The van der Waals surface area contributed by atoms with Crippen molar-refractivity contribution in [3.63, 3.8) is 0 Å². The topological polar surface area (TPSA) is 108 Å². The number of likely N-dealkylation sites (N-methyl/N-ethyl adjacent to an activating group) is 2. The minimum atomic E-state index is -1.42. The lowest BCUT2D eigenvalue weighted by Crippen LogP contribution is -2.52. The van der Waals surface area contributed by atoms with Crippen molar-refractivity contribution < 1.29 is 33.4 Å². The van der Waals surface area contributed by atoms with Gasteiger partial charge in [0.15, 0.2) is 11.8 Å². The number of Topliss-reactive ketones (excluding diaryl/α,β-unsaturated/α-hetero) is 1. The van der Waals surface area contributed by atoms with Crippen molar-refractivity contribution >= 4 is 17.6 Å². The van der Waals surface area contributed by atoms with Crippen LogP contribution in [0.15, 0.2) is 48.5 Å². The summed E-state index contributed by atoms with van der Waals surface area (Å²) >= 11 is 0. The minimum Gasteiger partial charge on any atom is -0.491 e. The van der Waals surface area contributed by atoms with Gasteiger partial charge in [0.05, 0.1) is 13.2 Å². The molecule has 2 amide bonds. The molecule has 0 aliphatic carbocycles. The minimum absolute atomic E-state index is 0.0309. The maximum Gasteiger partial charge on any atom is 0.254 e. The van der Waals surface area contributed by atoms with E-state index in [9.17, 15) is 18.8 Å². The number of morpholine rings is 1. The molecule has 1 fully saturated rings. The number of ether oxygens (including phenoxy) is 2. The molecule has 1 heterocycles. The van der Waals surface area contributed by atoms with E-state index in [0.29, 0.717) is 25.5 Å². The Morgan fingerprint density at radius 1 is 1.08 bits per heavy atom.